The predicted molar refractivity (Wildman–Crippen MR) is 85.4 cm³/mol. The van der Waals surface area contributed by atoms with Crippen molar-refractivity contribution in [2.24, 2.45) is 5.73 Å². The Morgan fingerprint density at radius 1 is 1.14 bits per heavy atom. The molecule has 2 N–H and O–H groups in total. The van der Waals surface area contributed by atoms with E-state index in [1.807, 2.05) is 37.3 Å². The van der Waals surface area contributed by atoms with E-state index in [1.54, 1.807) is 4.90 Å². The number of hydrogen-bond donors (Lipinski definition) is 1. The quantitative estimate of drug-likeness (QED) is 0.855. The van der Waals surface area contributed by atoms with Gasteiger partial charge in [-0.2, -0.15) is 0 Å². The minimum absolute atomic E-state index is 0.0227. The van der Waals surface area contributed by atoms with Gasteiger partial charge in [0.05, 0.1) is 0 Å². The third kappa shape index (κ3) is 3.55. The van der Waals surface area contributed by atoms with Crippen molar-refractivity contribution in [1.82, 2.24) is 0 Å². The van der Waals surface area contributed by atoms with Gasteiger partial charge in [0.15, 0.2) is 0 Å². The summed E-state index contributed by atoms with van der Waals surface area (Å²) in [6, 6.07) is 11.9. The minimum atomic E-state index is -0.657. The molecule has 2 aromatic rings. The van der Waals surface area contributed by atoms with Crippen LogP contribution in [-0.4, -0.2) is 11.5 Å². The summed E-state index contributed by atoms with van der Waals surface area (Å²) < 4.78 is 28.4. The molecular formula is C16H16F2N2S. The van der Waals surface area contributed by atoms with E-state index in [4.69, 9.17) is 18.0 Å². The molecule has 0 radical (unpaired) electrons. The third-order valence-electron chi connectivity index (χ3n) is 3.22. The van der Waals surface area contributed by atoms with Crippen LogP contribution in [0.2, 0.25) is 0 Å². The molecule has 0 aliphatic rings. The highest BCUT2D eigenvalue weighted by Gasteiger charge is 2.18. The first-order chi connectivity index (χ1) is 10.0. The number of halogens is 2. The average Bonchev–Trinajstić information content (AvgIpc) is 2.46. The molecule has 2 rings (SSSR count). The second-order valence-electron chi connectivity index (χ2n) is 4.65. The molecule has 0 atom stereocenters. The molecule has 0 spiro atoms. The van der Waals surface area contributed by atoms with Gasteiger partial charge < -0.3 is 10.6 Å². The van der Waals surface area contributed by atoms with E-state index in [-0.39, 0.29) is 16.2 Å². The zero-order chi connectivity index (χ0) is 15.4. The highest BCUT2D eigenvalue weighted by atomic mass is 32.1. The van der Waals surface area contributed by atoms with Crippen LogP contribution in [0.3, 0.4) is 0 Å². The highest BCUT2D eigenvalue weighted by Crippen LogP contribution is 2.26. The normalized spacial score (nSPS) is 10.4. The van der Waals surface area contributed by atoms with Crippen LogP contribution in [0.15, 0.2) is 42.5 Å². The van der Waals surface area contributed by atoms with Gasteiger partial charge in [-0.05, 0) is 24.6 Å². The Kier molecular flexibility index (Phi) is 4.85. The summed E-state index contributed by atoms with van der Waals surface area (Å²) in [5.74, 6) is -1.31. The van der Waals surface area contributed by atoms with Crippen molar-refractivity contribution in [2.75, 3.05) is 11.4 Å². The van der Waals surface area contributed by atoms with Gasteiger partial charge in [0.25, 0.3) is 0 Å². The lowest BCUT2D eigenvalue weighted by Gasteiger charge is -2.24. The topological polar surface area (TPSA) is 29.3 Å². The first kappa shape index (κ1) is 15.4. The molecular weight excluding hydrogens is 290 g/mol. The Morgan fingerprint density at radius 2 is 1.71 bits per heavy atom. The maximum Gasteiger partial charge on any atom is 0.150 e. The number of rotatable bonds is 5. The number of nitrogens with zero attached hydrogens (tertiary/aromatic N) is 1. The molecule has 5 heteroatoms. The highest BCUT2D eigenvalue weighted by molar-refractivity contribution is 7.80. The van der Waals surface area contributed by atoms with Gasteiger partial charge in [0.1, 0.15) is 22.3 Å². The molecule has 0 saturated heterocycles. The Hall–Kier alpha value is -2.01. The molecule has 0 bridgehead atoms. The van der Waals surface area contributed by atoms with E-state index >= 15 is 0 Å². The fourth-order valence-electron chi connectivity index (χ4n) is 2.16. The molecule has 0 heterocycles. The van der Waals surface area contributed by atoms with Crippen molar-refractivity contribution in [3.05, 3.63) is 65.2 Å². The van der Waals surface area contributed by atoms with Crippen LogP contribution in [0.5, 0.6) is 0 Å². The smallest absolute Gasteiger partial charge is 0.150 e. The summed E-state index contributed by atoms with van der Waals surface area (Å²) in [6.07, 6.45) is 0. The van der Waals surface area contributed by atoms with Crippen LogP contribution in [0, 0.1) is 11.6 Å². The number of hydrogen-bond acceptors (Lipinski definition) is 2. The van der Waals surface area contributed by atoms with E-state index < -0.39 is 11.6 Å². The van der Waals surface area contributed by atoms with Crippen molar-refractivity contribution in [3.63, 3.8) is 0 Å². The Labute approximate surface area is 128 Å². The summed E-state index contributed by atoms with van der Waals surface area (Å²) in [5, 5.41) is 0. The van der Waals surface area contributed by atoms with Gasteiger partial charge in [-0.1, -0.05) is 42.5 Å². The molecule has 0 aliphatic heterocycles. The minimum Gasteiger partial charge on any atom is -0.389 e. The zero-order valence-corrected chi connectivity index (χ0v) is 12.5. The second-order valence-corrected chi connectivity index (χ2v) is 5.09. The molecule has 2 aromatic carbocycles. The third-order valence-corrected chi connectivity index (χ3v) is 3.45. The Morgan fingerprint density at radius 3 is 2.19 bits per heavy atom. The number of thiocarbonyl (C=S) groups is 1. The van der Waals surface area contributed by atoms with Crippen LogP contribution in [0.1, 0.15) is 18.1 Å². The van der Waals surface area contributed by atoms with E-state index in [1.165, 1.54) is 12.1 Å². The number of anilines is 1. The van der Waals surface area contributed by atoms with Crippen molar-refractivity contribution in [3.8, 4) is 0 Å². The van der Waals surface area contributed by atoms with Gasteiger partial charge in [-0.3, -0.25) is 0 Å². The van der Waals surface area contributed by atoms with E-state index in [2.05, 4.69) is 0 Å². The summed E-state index contributed by atoms with van der Waals surface area (Å²) >= 11 is 4.75. The maximum atomic E-state index is 14.2. The van der Waals surface area contributed by atoms with Crippen LogP contribution in [0.25, 0.3) is 0 Å². The molecule has 21 heavy (non-hydrogen) atoms. The zero-order valence-electron chi connectivity index (χ0n) is 11.6. The maximum absolute atomic E-state index is 14.2. The molecule has 0 fully saturated rings. The van der Waals surface area contributed by atoms with E-state index in [9.17, 15) is 8.78 Å². The SMILES string of the molecule is CCN(Cc1ccccc1)c1c(F)cc(C(N)=S)cc1F. The molecule has 0 unspecified atom stereocenters. The van der Waals surface area contributed by atoms with Crippen LogP contribution in [0.4, 0.5) is 14.5 Å². The lowest BCUT2D eigenvalue weighted by Crippen LogP contribution is -2.25. The fraction of sp³-hybridized carbons (Fsp3) is 0.188. The molecule has 0 aromatic heterocycles. The second kappa shape index (κ2) is 6.63. The Bertz CT molecular complexity index is 621. The fourth-order valence-corrected chi connectivity index (χ4v) is 2.28. The van der Waals surface area contributed by atoms with Crippen molar-refractivity contribution >= 4 is 22.9 Å². The summed E-state index contributed by atoms with van der Waals surface area (Å²) in [7, 11) is 0. The van der Waals surface area contributed by atoms with Crippen LogP contribution in [-0.2, 0) is 6.54 Å². The lowest BCUT2D eigenvalue weighted by atomic mass is 10.1. The van der Waals surface area contributed by atoms with Gasteiger partial charge >= 0.3 is 0 Å². The average molecular weight is 306 g/mol. The largest absolute Gasteiger partial charge is 0.389 e. The molecule has 0 amide bonds. The molecule has 110 valence electrons. The van der Waals surface area contributed by atoms with Crippen LogP contribution < -0.4 is 10.6 Å². The van der Waals surface area contributed by atoms with Gasteiger partial charge in [-0.15, -0.1) is 0 Å². The predicted octanol–water partition coefficient (Wildman–Crippen LogP) is 3.63. The monoisotopic (exact) mass is 306 g/mol. The van der Waals surface area contributed by atoms with Crippen molar-refractivity contribution in [2.45, 2.75) is 13.5 Å². The number of nitrogens with two attached hydrogens (primary N) is 1. The standard InChI is InChI=1S/C16H16F2N2S/c1-2-20(10-11-6-4-3-5-7-11)15-13(17)8-12(16(19)21)9-14(15)18/h3-9H,2,10H2,1H3,(H2,19,21). The summed E-state index contributed by atoms with van der Waals surface area (Å²) in [4.78, 5) is 1.62. The van der Waals surface area contributed by atoms with Crippen molar-refractivity contribution in [1.29, 1.82) is 0 Å². The molecule has 0 saturated carbocycles. The van der Waals surface area contributed by atoms with Gasteiger partial charge in [0.2, 0.25) is 0 Å². The molecule has 2 nitrogen and oxygen atoms in total. The lowest BCUT2D eigenvalue weighted by molar-refractivity contribution is 0.571. The number of benzene rings is 2. The van der Waals surface area contributed by atoms with E-state index in [0.717, 1.165) is 5.56 Å². The van der Waals surface area contributed by atoms with Crippen LogP contribution >= 0.6 is 12.2 Å². The Balaban J connectivity index is 2.36. The van der Waals surface area contributed by atoms with Crippen molar-refractivity contribution < 1.29 is 8.78 Å². The first-order valence-electron chi connectivity index (χ1n) is 6.60. The first-order valence-corrected chi connectivity index (χ1v) is 7.01. The summed E-state index contributed by atoms with van der Waals surface area (Å²) in [6.45, 7) is 2.76. The molecule has 0 aliphatic carbocycles. The summed E-state index contributed by atoms with van der Waals surface area (Å²) in [5.41, 5.74) is 6.54. The van der Waals surface area contributed by atoms with Gasteiger partial charge in [0, 0.05) is 18.7 Å². The van der Waals surface area contributed by atoms with Gasteiger partial charge in [-0.25, -0.2) is 8.78 Å². The van der Waals surface area contributed by atoms with E-state index in [0.29, 0.717) is 13.1 Å².